The molecule has 2 aromatic rings. The van der Waals surface area contributed by atoms with Crippen LogP contribution >= 0.6 is 34.8 Å². The van der Waals surface area contributed by atoms with Crippen LogP contribution < -0.4 is 10.1 Å². The van der Waals surface area contributed by atoms with Crippen molar-refractivity contribution < 1.29 is 4.74 Å². The number of ether oxygens (including phenoxy) is 1. The highest BCUT2D eigenvalue weighted by Gasteiger charge is 2.17. The molecule has 0 radical (unpaired) electrons. The van der Waals surface area contributed by atoms with Gasteiger partial charge >= 0.3 is 0 Å². The van der Waals surface area contributed by atoms with E-state index in [0.717, 1.165) is 11.1 Å². The molecule has 0 heterocycles. The van der Waals surface area contributed by atoms with Crippen LogP contribution in [-0.4, -0.2) is 14.2 Å². The smallest absolute Gasteiger partial charge is 0.138 e. The summed E-state index contributed by atoms with van der Waals surface area (Å²) in [4.78, 5) is 0. The van der Waals surface area contributed by atoms with Gasteiger partial charge in [0, 0.05) is 16.1 Å². The van der Waals surface area contributed by atoms with Crippen molar-refractivity contribution in [3.8, 4) is 5.75 Å². The molecule has 20 heavy (non-hydrogen) atoms. The first-order valence-corrected chi connectivity index (χ1v) is 7.16. The number of benzene rings is 2. The van der Waals surface area contributed by atoms with Crippen LogP contribution in [-0.2, 0) is 0 Å². The van der Waals surface area contributed by atoms with Crippen molar-refractivity contribution >= 4 is 34.8 Å². The first kappa shape index (κ1) is 15.5. The summed E-state index contributed by atoms with van der Waals surface area (Å²) in [6, 6.07) is 11.1. The lowest BCUT2D eigenvalue weighted by molar-refractivity contribution is 0.415. The Bertz CT molecular complexity index is 599. The van der Waals surface area contributed by atoms with E-state index in [1.807, 2.05) is 37.4 Å². The zero-order valence-electron chi connectivity index (χ0n) is 11.1. The normalized spacial score (nSPS) is 12.2. The van der Waals surface area contributed by atoms with Crippen LogP contribution in [0, 0.1) is 0 Å². The Hall–Kier alpha value is -0.930. The molecule has 1 unspecified atom stereocenters. The molecule has 1 atom stereocenters. The van der Waals surface area contributed by atoms with Crippen molar-refractivity contribution in [2.45, 2.75) is 6.04 Å². The fourth-order valence-corrected chi connectivity index (χ4v) is 2.72. The van der Waals surface area contributed by atoms with Crippen molar-refractivity contribution in [2.24, 2.45) is 0 Å². The minimum Gasteiger partial charge on any atom is -0.495 e. The second kappa shape index (κ2) is 6.68. The van der Waals surface area contributed by atoms with E-state index >= 15 is 0 Å². The number of nitrogens with one attached hydrogen (secondary N) is 1. The molecular formula is C15H14Cl3NO. The molecule has 0 bridgehead atoms. The first-order chi connectivity index (χ1) is 9.56. The van der Waals surface area contributed by atoms with E-state index < -0.39 is 0 Å². The molecule has 0 aliphatic carbocycles. The lowest BCUT2D eigenvalue weighted by atomic mass is 9.98. The van der Waals surface area contributed by atoms with E-state index in [1.165, 1.54) is 0 Å². The molecule has 5 heteroatoms. The largest absolute Gasteiger partial charge is 0.495 e. The maximum absolute atomic E-state index is 6.33. The van der Waals surface area contributed by atoms with Gasteiger partial charge in [0.2, 0.25) is 0 Å². The minimum atomic E-state index is -0.0665. The molecular weight excluding hydrogens is 317 g/mol. The molecule has 0 spiro atoms. The zero-order chi connectivity index (χ0) is 14.7. The average molecular weight is 331 g/mol. The van der Waals surface area contributed by atoms with Gasteiger partial charge in [0.05, 0.1) is 18.2 Å². The molecule has 0 aromatic heterocycles. The Balaban J connectivity index is 2.46. The van der Waals surface area contributed by atoms with Gasteiger partial charge in [0.25, 0.3) is 0 Å². The predicted octanol–water partition coefficient (Wildman–Crippen LogP) is 4.96. The Kier molecular flexibility index (Phi) is 5.17. The predicted molar refractivity (Wildman–Crippen MR) is 85.4 cm³/mol. The van der Waals surface area contributed by atoms with E-state index in [1.54, 1.807) is 13.2 Å². The summed E-state index contributed by atoms with van der Waals surface area (Å²) < 4.78 is 5.16. The first-order valence-electron chi connectivity index (χ1n) is 6.02. The summed E-state index contributed by atoms with van der Waals surface area (Å²) in [6.45, 7) is 0. The molecule has 2 rings (SSSR count). The third-order valence-corrected chi connectivity index (χ3v) is 3.95. The minimum absolute atomic E-state index is 0.0665. The third kappa shape index (κ3) is 3.21. The van der Waals surface area contributed by atoms with Gasteiger partial charge < -0.3 is 10.1 Å². The molecule has 0 aliphatic heterocycles. The Morgan fingerprint density at radius 2 is 1.65 bits per heavy atom. The van der Waals surface area contributed by atoms with Gasteiger partial charge in [0.15, 0.2) is 0 Å². The standard InChI is InChI=1S/C15H14Cl3NO/c1-19-15(9-3-5-10(16)6-4-9)11-7-13(18)14(20-2)8-12(11)17/h3-8,15,19H,1-2H3. The van der Waals surface area contributed by atoms with Gasteiger partial charge in [-0.2, -0.15) is 0 Å². The summed E-state index contributed by atoms with van der Waals surface area (Å²) in [5.41, 5.74) is 1.95. The highest BCUT2D eigenvalue weighted by atomic mass is 35.5. The topological polar surface area (TPSA) is 21.3 Å². The van der Waals surface area contributed by atoms with E-state index in [9.17, 15) is 0 Å². The zero-order valence-corrected chi connectivity index (χ0v) is 13.4. The Labute approximate surface area is 133 Å². The summed E-state index contributed by atoms with van der Waals surface area (Å²) in [7, 11) is 3.43. The molecule has 0 fully saturated rings. The van der Waals surface area contributed by atoms with Gasteiger partial charge in [-0.25, -0.2) is 0 Å². The van der Waals surface area contributed by atoms with Crippen LogP contribution in [0.2, 0.25) is 15.1 Å². The number of hydrogen-bond acceptors (Lipinski definition) is 2. The van der Waals surface area contributed by atoms with Gasteiger partial charge in [-0.1, -0.05) is 46.9 Å². The maximum Gasteiger partial charge on any atom is 0.138 e. The van der Waals surface area contributed by atoms with Gasteiger partial charge in [-0.05, 0) is 36.4 Å². The average Bonchev–Trinajstić information content (AvgIpc) is 2.45. The van der Waals surface area contributed by atoms with Crippen LogP contribution in [0.15, 0.2) is 36.4 Å². The summed E-state index contributed by atoms with van der Waals surface area (Å²) in [6.07, 6.45) is 0. The monoisotopic (exact) mass is 329 g/mol. The van der Waals surface area contributed by atoms with Crippen LogP contribution in [0.1, 0.15) is 17.2 Å². The lowest BCUT2D eigenvalue weighted by Gasteiger charge is -2.20. The highest BCUT2D eigenvalue weighted by Crippen LogP contribution is 2.36. The molecule has 0 aliphatic rings. The maximum atomic E-state index is 6.33. The van der Waals surface area contributed by atoms with Crippen LogP contribution in [0.4, 0.5) is 0 Å². The second-order valence-corrected chi connectivity index (χ2v) is 5.53. The van der Waals surface area contributed by atoms with E-state index in [4.69, 9.17) is 39.5 Å². The molecule has 2 nitrogen and oxygen atoms in total. The molecule has 0 amide bonds. The van der Waals surface area contributed by atoms with Crippen LogP contribution in [0.25, 0.3) is 0 Å². The SMILES string of the molecule is CNC(c1ccc(Cl)cc1)c1cc(Cl)c(OC)cc1Cl. The summed E-state index contributed by atoms with van der Waals surface area (Å²) >= 11 is 18.4. The molecule has 106 valence electrons. The number of methoxy groups -OCH3 is 1. The highest BCUT2D eigenvalue weighted by molar-refractivity contribution is 6.34. The number of halogens is 3. The van der Waals surface area contributed by atoms with Crippen molar-refractivity contribution in [1.82, 2.24) is 5.32 Å². The second-order valence-electron chi connectivity index (χ2n) is 4.28. The van der Waals surface area contributed by atoms with Crippen molar-refractivity contribution in [1.29, 1.82) is 0 Å². The van der Waals surface area contributed by atoms with Crippen LogP contribution in [0.3, 0.4) is 0 Å². The quantitative estimate of drug-likeness (QED) is 0.855. The fraction of sp³-hybridized carbons (Fsp3) is 0.200. The molecule has 2 aromatic carbocycles. The summed E-state index contributed by atoms with van der Waals surface area (Å²) in [5, 5.41) is 5.06. The van der Waals surface area contributed by atoms with Gasteiger partial charge in [-0.15, -0.1) is 0 Å². The lowest BCUT2D eigenvalue weighted by Crippen LogP contribution is -2.18. The van der Waals surface area contributed by atoms with Gasteiger partial charge in [-0.3, -0.25) is 0 Å². The molecule has 0 saturated heterocycles. The Morgan fingerprint density at radius 1 is 1.00 bits per heavy atom. The van der Waals surface area contributed by atoms with Crippen molar-refractivity contribution in [2.75, 3.05) is 14.2 Å². The number of hydrogen-bond donors (Lipinski definition) is 1. The summed E-state index contributed by atoms with van der Waals surface area (Å²) in [5.74, 6) is 0.561. The third-order valence-electron chi connectivity index (χ3n) is 3.07. The number of rotatable bonds is 4. The van der Waals surface area contributed by atoms with Crippen LogP contribution in [0.5, 0.6) is 5.75 Å². The van der Waals surface area contributed by atoms with E-state index in [0.29, 0.717) is 20.8 Å². The van der Waals surface area contributed by atoms with E-state index in [-0.39, 0.29) is 6.04 Å². The Morgan fingerprint density at radius 3 is 2.20 bits per heavy atom. The van der Waals surface area contributed by atoms with E-state index in [2.05, 4.69) is 5.32 Å². The molecule has 0 saturated carbocycles. The van der Waals surface area contributed by atoms with Crippen molar-refractivity contribution in [3.05, 3.63) is 62.6 Å². The molecule has 1 N–H and O–H groups in total. The fourth-order valence-electron chi connectivity index (χ4n) is 2.08. The van der Waals surface area contributed by atoms with Gasteiger partial charge in [0.1, 0.15) is 5.75 Å². The van der Waals surface area contributed by atoms with Crippen molar-refractivity contribution in [3.63, 3.8) is 0 Å².